The number of hydrogen-bond acceptors (Lipinski definition) is 3. The van der Waals surface area contributed by atoms with Gasteiger partial charge in [0, 0.05) is 29.6 Å². The number of fused-ring (bicyclic) bond motifs is 1. The lowest BCUT2D eigenvalue weighted by molar-refractivity contribution is -0.126. The first-order chi connectivity index (χ1) is 10.1. The van der Waals surface area contributed by atoms with Gasteiger partial charge in [-0.05, 0) is 24.6 Å². The molecule has 3 rings (SSSR count). The minimum absolute atomic E-state index is 0.00563. The monoisotopic (exact) mass is 303 g/mol. The first-order valence-electron chi connectivity index (χ1n) is 6.75. The number of amides is 2. The van der Waals surface area contributed by atoms with Gasteiger partial charge in [-0.3, -0.25) is 14.6 Å². The van der Waals surface area contributed by atoms with Crippen LogP contribution < -0.4 is 10.6 Å². The van der Waals surface area contributed by atoms with E-state index in [-0.39, 0.29) is 17.7 Å². The Morgan fingerprint density at radius 2 is 2.29 bits per heavy atom. The van der Waals surface area contributed by atoms with E-state index in [4.69, 9.17) is 11.6 Å². The molecule has 1 fully saturated rings. The first kappa shape index (κ1) is 13.8. The van der Waals surface area contributed by atoms with Crippen molar-refractivity contribution in [3.63, 3.8) is 0 Å². The third-order valence-corrected chi connectivity index (χ3v) is 3.78. The van der Waals surface area contributed by atoms with E-state index in [2.05, 4.69) is 15.6 Å². The highest BCUT2D eigenvalue weighted by molar-refractivity contribution is 6.32. The Balaban J connectivity index is 1.84. The number of halogens is 1. The highest BCUT2D eigenvalue weighted by Gasteiger charge is 2.24. The number of carbonyl (C=O) groups excluding carboxylic acids is 2. The zero-order valence-corrected chi connectivity index (χ0v) is 12.0. The van der Waals surface area contributed by atoms with Gasteiger partial charge in [-0.2, -0.15) is 0 Å². The number of nitrogens with one attached hydrogen (secondary N) is 2. The summed E-state index contributed by atoms with van der Waals surface area (Å²) in [5, 5.41) is 7.00. The summed E-state index contributed by atoms with van der Waals surface area (Å²) in [7, 11) is 0. The molecule has 0 spiro atoms. The SMILES string of the molecule is O=C1CCC(C(=O)Nc2cc(Cl)cc3cccnc23)CN1. The van der Waals surface area contributed by atoms with Crippen LogP contribution in [-0.2, 0) is 9.59 Å². The maximum absolute atomic E-state index is 12.3. The predicted octanol–water partition coefficient (Wildman–Crippen LogP) is 2.35. The van der Waals surface area contributed by atoms with Gasteiger partial charge in [-0.15, -0.1) is 0 Å². The van der Waals surface area contributed by atoms with Crippen LogP contribution in [0.15, 0.2) is 30.5 Å². The van der Waals surface area contributed by atoms with Crippen LogP contribution in [0, 0.1) is 5.92 Å². The third kappa shape index (κ3) is 2.97. The van der Waals surface area contributed by atoms with Gasteiger partial charge in [0.1, 0.15) is 0 Å². The summed E-state index contributed by atoms with van der Waals surface area (Å²) in [4.78, 5) is 27.7. The van der Waals surface area contributed by atoms with E-state index < -0.39 is 0 Å². The standard InChI is InChI=1S/C15H14ClN3O2/c16-11-6-9-2-1-5-17-14(9)12(7-11)19-15(21)10-3-4-13(20)18-8-10/h1-2,5-7,10H,3-4,8H2,(H,18,20)(H,19,21). The second-order valence-corrected chi connectivity index (χ2v) is 5.49. The van der Waals surface area contributed by atoms with Crippen LogP contribution in [-0.4, -0.2) is 23.3 Å². The van der Waals surface area contributed by atoms with Crippen LogP contribution >= 0.6 is 11.6 Å². The van der Waals surface area contributed by atoms with Crippen molar-refractivity contribution in [1.29, 1.82) is 0 Å². The Hall–Kier alpha value is -2.14. The Morgan fingerprint density at radius 3 is 3.05 bits per heavy atom. The van der Waals surface area contributed by atoms with E-state index in [0.717, 1.165) is 5.39 Å². The molecule has 0 radical (unpaired) electrons. The molecule has 21 heavy (non-hydrogen) atoms. The lowest BCUT2D eigenvalue weighted by atomic mass is 9.98. The number of hydrogen-bond donors (Lipinski definition) is 2. The Kier molecular flexibility index (Phi) is 3.75. The molecule has 1 unspecified atom stereocenters. The molecule has 0 saturated carbocycles. The van der Waals surface area contributed by atoms with E-state index in [9.17, 15) is 9.59 Å². The molecule has 1 aliphatic rings. The minimum Gasteiger partial charge on any atom is -0.355 e. The Bertz CT molecular complexity index is 707. The minimum atomic E-state index is -0.222. The van der Waals surface area contributed by atoms with Crippen molar-refractivity contribution < 1.29 is 9.59 Å². The summed E-state index contributed by atoms with van der Waals surface area (Å²) < 4.78 is 0. The van der Waals surface area contributed by atoms with E-state index in [1.54, 1.807) is 18.3 Å². The van der Waals surface area contributed by atoms with Gasteiger partial charge >= 0.3 is 0 Å². The molecule has 6 heteroatoms. The molecule has 2 N–H and O–H groups in total. The van der Waals surface area contributed by atoms with Gasteiger partial charge in [0.25, 0.3) is 0 Å². The van der Waals surface area contributed by atoms with E-state index >= 15 is 0 Å². The number of piperidine rings is 1. The van der Waals surface area contributed by atoms with E-state index in [1.807, 2.05) is 12.1 Å². The average molecular weight is 304 g/mol. The normalized spacial score (nSPS) is 18.3. The predicted molar refractivity (Wildman–Crippen MR) is 81.1 cm³/mol. The molecular weight excluding hydrogens is 290 g/mol. The molecule has 1 aromatic heterocycles. The summed E-state index contributed by atoms with van der Waals surface area (Å²) in [5.41, 5.74) is 1.30. The summed E-state index contributed by atoms with van der Waals surface area (Å²) in [6.07, 6.45) is 2.61. The van der Waals surface area contributed by atoms with Crippen molar-refractivity contribution in [1.82, 2.24) is 10.3 Å². The molecule has 108 valence electrons. The molecule has 1 saturated heterocycles. The summed E-state index contributed by atoms with van der Waals surface area (Å²) in [5.74, 6) is -0.349. The number of rotatable bonds is 2. The van der Waals surface area contributed by atoms with Crippen molar-refractivity contribution in [2.75, 3.05) is 11.9 Å². The Morgan fingerprint density at radius 1 is 1.43 bits per heavy atom. The van der Waals surface area contributed by atoms with Gasteiger partial charge in [0.2, 0.25) is 11.8 Å². The smallest absolute Gasteiger partial charge is 0.229 e. The maximum Gasteiger partial charge on any atom is 0.229 e. The van der Waals surface area contributed by atoms with Crippen LogP contribution in [0.5, 0.6) is 0 Å². The van der Waals surface area contributed by atoms with Gasteiger partial charge < -0.3 is 10.6 Å². The van der Waals surface area contributed by atoms with E-state index in [0.29, 0.717) is 35.6 Å². The second-order valence-electron chi connectivity index (χ2n) is 5.06. The molecule has 5 nitrogen and oxygen atoms in total. The van der Waals surface area contributed by atoms with Crippen LogP contribution in [0.25, 0.3) is 10.9 Å². The fourth-order valence-electron chi connectivity index (χ4n) is 2.44. The number of anilines is 1. The number of carbonyl (C=O) groups is 2. The van der Waals surface area contributed by atoms with Crippen molar-refractivity contribution in [3.8, 4) is 0 Å². The lowest BCUT2D eigenvalue weighted by Gasteiger charge is -2.21. The van der Waals surface area contributed by atoms with Crippen LogP contribution in [0.4, 0.5) is 5.69 Å². The van der Waals surface area contributed by atoms with Crippen molar-refractivity contribution >= 4 is 40.0 Å². The van der Waals surface area contributed by atoms with Gasteiger partial charge in [-0.25, -0.2) is 0 Å². The summed E-state index contributed by atoms with van der Waals surface area (Å²) in [6.45, 7) is 0.372. The number of nitrogens with zero attached hydrogens (tertiary/aromatic N) is 1. The number of pyridine rings is 1. The highest BCUT2D eigenvalue weighted by atomic mass is 35.5. The maximum atomic E-state index is 12.3. The quantitative estimate of drug-likeness (QED) is 0.894. The fourth-order valence-corrected chi connectivity index (χ4v) is 2.67. The lowest BCUT2D eigenvalue weighted by Crippen LogP contribution is -2.40. The molecule has 1 aliphatic heterocycles. The largest absolute Gasteiger partial charge is 0.355 e. The van der Waals surface area contributed by atoms with Gasteiger partial charge in [-0.1, -0.05) is 17.7 Å². The molecule has 2 heterocycles. The topological polar surface area (TPSA) is 71.1 Å². The van der Waals surface area contributed by atoms with Crippen LogP contribution in [0.1, 0.15) is 12.8 Å². The number of benzene rings is 1. The first-order valence-corrected chi connectivity index (χ1v) is 7.13. The summed E-state index contributed by atoms with van der Waals surface area (Å²) in [6, 6.07) is 7.21. The zero-order chi connectivity index (χ0) is 14.8. The van der Waals surface area contributed by atoms with Gasteiger partial charge in [0.05, 0.1) is 17.1 Å². The van der Waals surface area contributed by atoms with Gasteiger partial charge in [0.15, 0.2) is 0 Å². The van der Waals surface area contributed by atoms with E-state index in [1.165, 1.54) is 0 Å². The average Bonchev–Trinajstić information content (AvgIpc) is 2.47. The van der Waals surface area contributed by atoms with Crippen molar-refractivity contribution in [2.45, 2.75) is 12.8 Å². The molecular formula is C15H14ClN3O2. The Labute approximate surface area is 126 Å². The van der Waals surface area contributed by atoms with Crippen molar-refractivity contribution in [3.05, 3.63) is 35.5 Å². The molecule has 0 bridgehead atoms. The van der Waals surface area contributed by atoms with Crippen LogP contribution in [0.2, 0.25) is 5.02 Å². The molecule has 2 aromatic rings. The van der Waals surface area contributed by atoms with Crippen LogP contribution in [0.3, 0.4) is 0 Å². The highest BCUT2D eigenvalue weighted by Crippen LogP contribution is 2.27. The van der Waals surface area contributed by atoms with Crippen molar-refractivity contribution in [2.24, 2.45) is 5.92 Å². The number of aromatic nitrogens is 1. The molecule has 1 aromatic carbocycles. The zero-order valence-electron chi connectivity index (χ0n) is 11.2. The molecule has 0 aliphatic carbocycles. The fraction of sp³-hybridized carbons (Fsp3) is 0.267. The summed E-state index contributed by atoms with van der Waals surface area (Å²) >= 11 is 6.08. The third-order valence-electron chi connectivity index (χ3n) is 3.56. The molecule has 2 amide bonds. The molecule has 1 atom stereocenters. The second kappa shape index (κ2) is 5.69.